The van der Waals surface area contributed by atoms with Crippen LogP contribution < -0.4 is 5.73 Å². The smallest absolute Gasteiger partial charge is 0.230 e. The molecule has 1 amide bonds. The maximum absolute atomic E-state index is 13.0. The van der Waals surface area contributed by atoms with Gasteiger partial charge in [-0.2, -0.15) is 0 Å². The molecule has 1 aliphatic carbocycles. The van der Waals surface area contributed by atoms with Crippen LogP contribution in [0.5, 0.6) is 0 Å². The summed E-state index contributed by atoms with van der Waals surface area (Å²) in [7, 11) is 0. The highest BCUT2D eigenvalue weighted by molar-refractivity contribution is 5.83. The van der Waals surface area contributed by atoms with Crippen molar-refractivity contribution >= 4 is 5.91 Å². The van der Waals surface area contributed by atoms with Crippen LogP contribution in [0.3, 0.4) is 0 Å². The molecule has 1 unspecified atom stereocenters. The van der Waals surface area contributed by atoms with Crippen molar-refractivity contribution in [3.05, 3.63) is 0 Å². The van der Waals surface area contributed by atoms with Crippen LogP contribution in [-0.2, 0) is 4.79 Å². The minimum absolute atomic E-state index is 0.247. The van der Waals surface area contributed by atoms with E-state index >= 15 is 0 Å². The summed E-state index contributed by atoms with van der Waals surface area (Å²) < 4.78 is 0. The number of rotatable bonds is 2. The molecule has 0 bridgehead atoms. The summed E-state index contributed by atoms with van der Waals surface area (Å²) in [5.41, 5.74) is 6.10. The van der Waals surface area contributed by atoms with E-state index in [2.05, 4.69) is 25.7 Å². The molecule has 0 aromatic rings. The van der Waals surface area contributed by atoms with Crippen molar-refractivity contribution in [2.75, 3.05) is 19.6 Å². The monoisotopic (exact) mass is 280 g/mol. The predicted molar refractivity (Wildman–Crippen MR) is 83.3 cm³/mol. The molecule has 1 atom stereocenters. The van der Waals surface area contributed by atoms with Crippen molar-refractivity contribution in [1.29, 1.82) is 0 Å². The summed E-state index contributed by atoms with van der Waals surface area (Å²) in [6.07, 6.45) is 8.01. The Kier molecular flexibility index (Phi) is 4.78. The summed E-state index contributed by atoms with van der Waals surface area (Å²) >= 11 is 0. The van der Waals surface area contributed by atoms with Crippen molar-refractivity contribution < 1.29 is 4.79 Å². The van der Waals surface area contributed by atoms with Gasteiger partial charge in [0.15, 0.2) is 0 Å². The molecule has 116 valence electrons. The first kappa shape index (κ1) is 15.8. The van der Waals surface area contributed by atoms with Gasteiger partial charge in [0, 0.05) is 19.6 Å². The molecule has 3 heteroatoms. The highest BCUT2D eigenvalue weighted by atomic mass is 16.2. The molecule has 0 spiro atoms. The second-order valence-corrected chi connectivity index (χ2v) is 8.00. The Hall–Kier alpha value is -0.570. The van der Waals surface area contributed by atoms with E-state index in [1.165, 1.54) is 25.7 Å². The fourth-order valence-corrected chi connectivity index (χ4v) is 3.90. The molecular formula is C17H32N2O. The highest BCUT2D eigenvalue weighted by Crippen LogP contribution is 2.39. The number of hydrogen-bond donors (Lipinski definition) is 1. The van der Waals surface area contributed by atoms with Gasteiger partial charge in [-0.15, -0.1) is 0 Å². The molecule has 2 fully saturated rings. The van der Waals surface area contributed by atoms with Gasteiger partial charge in [-0.05, 0) is 30.6 Å². The van der Waals surface area contributed by atoms with Gasteiger partial charge in [-0.3, -0.25) is 4.79 Å². The molecule has 2 aliphatic rings. The highest BCUT2D eigenvalue weighted by Gasteiger charge is 2.43. The molecule has 0 aromatic heterocycles. The number of hydrogen-bond acceptors (Lipinski definition) is 2. The molecule has 1 saturated heterocycles. The van der Waals surface area contributed by atoms with Crippen LogP contribution >= 0.6 is 0 Å². The third-order valence-electron chi connectivity index (χ3n) is 5.61. The van der Waals surface area contributed by atoms with Gasteiger partial charge in [-0.1, -0.05) is 46.5 Å². The standard InChI is InChI=1S/C17H32N2O/c1-16(2,3)14-8-11-19(12-14)15(20)17(13-18)9-6-4-5-7-10-17/h14H,4-13,18H2,1-3H3. The molecular weight excluding hydrogens is 248 g/mol. The van der Waals surface area contributed by atoms with E-state index in [1.807, 2.05) is 0 Å². The van der Waals surface area contributed by atoms with E-state index < -0.39 is 0 Å². The zero-order valence-electron chi connectivity index (χ0n) is 13.6. The van der Waals surface area contributed by atoms with Crippen molar-refractivity contribution in [3.8, 4) is 0 Å². The Morgan fingerprint density at radius 3 is 2.25 bits per heavy atom. The second kappa shape index (κ2) is 6.05. The second-order valence-electron chi connectivity index (χ2n) is 8.00. The molecule has 2 N–H and O–H groups in total. The minimum atomic E-state index is -0.247. The van der Waals surface area contributed by atoms with Crippen molar-refractivity contribution in [2.45, 2.75) is 65.7 Å². The topological polar surface area (TPSA) is 46.3 Å². The Balaban J connectivity index is 2.06. The van der Waals surface area contributed by atoms with E-state index in [9.17, 15) is 4.79 Å². The fraction of sp³-hybridized carbons (Fsp3) is 0.941. The molecule has 0 radical (unpaired) electrons. The van der Waals surface area contributed by atoms with Gasteiger partial charge in [0.2, 0.25) is 5.91 Å². The van der Waals surface area contributed by atoms with Crippen molar-refractivity contribution in [3.63, 3.8) is 0 Å². The maximum Gasteiger partial charge on any atom is 0.230 e. The van der Waals surface area contributed by atoms with Crippen LogP contribution in [0.1, 0.15) is 65.7 Å². The lowest BCUT2D eigenvalue weighted by Crippen LogP contribution is -2.47. The Morgan fingerprint density at radius 1 is 1.20 bits per heavy atom. The van der Waals surface area contributed by atoms with Gasteiger partial charge >= 0.3 is 0 Å². The third kappa shape index (κ3) is 3.19. The predicted octanol–water partition coefficient (Wildman–Crippen LogP) is 3.18. The van der Waals surface area contributed by atoms with E-state index in [0.717, 1.165) is 32.4 Å². The zero-order valence-corrected chi connectivity index (χ0v) is 13.6. The molecule has 3 nitrogen and oxygen atoms in total. The quantitative estimate of drug-likeness (QED) is 0.790. The molecule has 1 saturated carbocycles. The molecule has 20 heavy (non-hydrogen) atoms. The summed E-state index contributed by atoms with van der Waals surface area (Å²) in [4.78, 5) is 15.1. The number of likely N-dealkylation sites (tertiary alicyclic amines) is 1. The SMILES string of the molecule is CC(C)(C)C1CCN(C(=O)C2(CN)CCCCCC2)C1. The number of carbonyl (C=O) groups is 1. The lowest BCUT2D eigenvalue weighted by Gasteiger charge is -2.35. The van der Waals surface area contributed by atoms with E-state index in [1.54, 1.807) is 0 Å². The van der Waals surface area contributed by atoms with Gasteiger partial charge in [0.1, 0.15) is 0 Å². The average Bonchev–Trinajstić information content (AvgIpc) is 2.77. The third-order valence-corrected chi connectivity index (χ3v) is 5.61. The Bertz CT molecular complexity index is 337. The van der Waals surface area contributed by atoms with Crippen molar-refractivity contribution in [1.82, 2.24) is 4.90 Å². The van der Waals surface area contributed by atoms with E-state index in [4.69, 9.17) is 5.73 Å². The number of carbonyl (C=O) groups excluding carboxylic acids is 1. The van der Waals surface area contributed by atoms with Crippen LogP contribution in [0, 0.1) is 16.7 Å². The first-order chi connectivity index (χ1) is 9.39. The van der Waals surface area contributed by atoms with Gasteiger partial charge in [-0.25, -0.2) is 0 Å². The summed E-state index contributed by atoms with van der Waals surface area (Å²) in [6, 6.07) is 0. The number of nitrogens with zero attached hydrogens (tertiary/aromatic N) is 1. The Labute approximate surface area is 124 Å². The fourth-order valence-electron chi connectivity index (χ4n) is 3.90. The van der Waals surface area contributed by atoms with E-state index in [0.29, 0.717) is 23.8 Å². The van der Waals surface area contributed by atoms with Crippen LogP contribution in [-0.4, -0.2) is 30.4 Å². The average molecular weight is 280 g/mol. The van der Waals surface area contributed by atoms with Crippen LogP contribution in [0.4, 0.5) is 0 Å². The molecule has 1 heterocycles. The van der Waals surface area contributed by atoms with Crippen LogP contribution in [0.25, 0.3) is 0 Å². The van der Waals surface area contributed by atoms with Gasteiger partial charge < -0.3 is 10.6 Å². The Morgan fingerprint density at radius 2 is 1.80 bits per heavy atom. The molecule has 0 aromatic carbocycles. The maximum atomic E-state index is 13.0. The lowest BCUT2D eigenvalue weighted by atomic mass is 9.78. The lowest BCUT2D eigenvalue weighted by molar-refractivity contribution is -0.141. The molecule has 1 aliphatic heterocycles. The largest absolute Gasteiger partial charge is 0.342 e. The first-order valence-corrected chi connectivity index (χ1v) is 8.38. The number of nitrogens with two attached hydrogens (primary N) is 1. The normalized spacial score (nSPS) is 27.4. The molecule has 2 rings (SSSR count). The van der Waals surface area contributed by atoms with Gasteiger partial charge in [0.25, 0.3) is 0 Å². The number of amides is 1. The minimum Gasteiger partial charge on any atom is -0.342 e. The van der Waals surface area contributed by atoms with Crippen LogP contribution in [0.2, 0.25) is 0 Å². The first-order valence-electron chi connectivity index (χ1n) is 8.38. The summed E-state index contributed by atoms with van der Waals surface area (Å²) in [5, 5.41) is 0. The zero-order chi connectivity index (χ0) is 14.8. The van der Waals surface area contributed by atoms with Crippen LogP contribution in [0.15, 0.2) is 0 Å². The summed E-state index contributed by atoms with van der Waals surface area (Å²) in [6.45, 7) is 9.26. The summed E-state index contributed by atoms with van der Waals surface area (Å²) in [5.74, 6) is 0.987. The van der Waals surface area contributed by atoms with E-state index in [-0.39, 0.29) is 5.41 Å². The van der Waals surface area contributed by atoms with Crippen molar-refractivity contribution in [2.24, 2.45) is 22.5 Å². The van der Waals surface area contributed by atoms with Gasteiger partial charge in [0.05, 0.1) is 5.41 Å².